The molecule has 0 saturated carbocycles. The number of aliphatic hydroxyl groups excluding tert-OH is 1. The number of nitrogens with one attached hydrogen (secondary N) is 1. The number of piperidine rings is 1. The first-order valence-electron chi connectivity index (χ1n) is 12.8. The lowest BCUT2D eigenvalue weighted by Crippen LogP contribution is -2.45. The van der Waals surface area contributed by atoms with Crippen molar-refractivity contribution in [1.29, 1.82) is 0 Å². The standard InChI is InChI=1S/C29H29N5O3S/c1-37-21-5-7-24-23(17-21)22(8-11-30-24)26(35)18-33-14-9-20(10-15-33)31-28(36)19-4-6-25-27(16-19)38-29(32-25)34-12-2-3-13-34/h2-8,11-13,16-17,20,26,35H,9-10,14-15,18H2,1H3,(H,31,36)/t26-/m0/s1. The molecule has 5 aromatic rings. The highest BCUT2D eigenvalue weighted by Crippen LogP contribution is 2.28. The number of benzene rings is 2. The Morgan fingerprint density at radius 3 is 2.71 bits per heavy atom. The summed E-state index contributed by atoms with van der Waals surface area (Å²) < 4.78 is 8.33. The second-order valence-electron chi connectivity index (χ2n) is 9.62. The summed E-state index contributed by atoms with van der Waals surface area (Å²) in [6.07, 6.45) is 6.70. The Bertz CT molecular complexity index is 1570. The maximum Gasteiger partial charge on any atom is 0.251 e. The van der Waals surface area contributed by atoms with E-state index >= 15 is 0 Å². The molecule has 0 bridgehead atoms. The van der Waals surface area contributed by atoms with Crippen molar-refractivity contribution in [3.8, 4) is 10.9 Å². The Balaban J connectivity index is 1.06. The van der Waals surface area contributed by atoms with Crippen LogP contribution >= 0.6 is 11.3 Å². The molecule has 0 aliphatic carbocycles. The first-order chi connectivity index (χ1) is 18.6. The number of fused-ring (bicyclic) bond motifs is 2. The van der Waals surface area contributed by atoms with E-state index in [1.54, 1.807) is 24.6 Å². The third kappa shape index (κ3) is 5.00. The fraction of sp³-hybridized carbons (Fsp3) is 0.276. The van der Waals surface area contributed by atoms with Crippen LogP contribution in [0.25, 0.3) is 26.3 Å². The zero-order valence-electron chi connectivity index (χ0n) is 21.1. The van der Waals surface area contributed by atoms with Gasteiger partial charge in [-0.3, -0.25) is 9.78 Å². The van der Waals surface area contributed by atoms with Crippen LogP contribution in [0.3, 0.4) is 0 Å². The summed E-state index contributed by atoms with van der Waals surface area (Å²) in [7, 11) is 1.63. The number of aliphatic hydroxyl groups is 1. The van der Waals surface area contributed by atoms with Crippen molar-refractivity contribution in [2.24, 2.45) is 0 Å². The molecular weight excluding hydrogens is 498 g/mol. The van der Waals surface area contributed by atoms with E-state index in [-0.39, 0.29) is 11.9 Å². The molecule has 0 radical (unpaired) electrons. The van der Waals surface area contributed by atoms with Gasteiger partial charge in [-0.15, -0.1) is 0 Å². The van der Waals surface area contributed by atoms with E-state index in [9.17, 15) is 9.90 Å². The van der Waals surface area contributed by atoms with E-state index in [2.05, 4.69) is 20.2 Å². The van der Waals surface area contributed by atoms with E-state index in [4.69, 9.17) is 4.74 Å². The second-order valence-corrected chi connectivity index (χ2v) is 10.6. The Morgan fingerprint density at radius 2 is 1.92 bits per heavy atom. The summed E-state index contributed by atoms with van der Waals surface area (Å²) in [5.41, 5.74) is 3.23. The van der Waals surface area contributed by atoms with Crippen LogP contribution in [-0.2, 0) is 0 Å². The van der Waals surface area contributed by atoms with Crippen LogP contribution in [0.15, 0.2) is 73.2 Å². The molecule has 4 heterocycles. The van der Waals surface area contributed by atoms with Crippen molar-refractivity contribution >= 4 is 38.4 Å². The van der Waals surface area contributed by atoms with Crippen molar-refractivity contribution in [2.75, 3.05) is 26.7 Å². The number of hydrogen-bond donors (Lipinski definition) is 2. The van der Waals surface area contributed by atoms with Crippen molar-refractivity contribution < 1.29 is 14.6 Å². The molecule has 38 heavy (non-hydrogen) atoms. The fourth-order valence-electron chi connectivity index (χ4n) is 5.06. The second kappa shape index (κ2) is 10.5. The van der Waals surface area contributed by atoms with Crippen LogP contribution in [0.1, 0.15) is 34.9 Å². The smallest absolute Gasteiger partial charge is 0.251 e. The summed E-state index contributed by atoms with van der Waals surface area (Å²) in [6.45, 7) is 2.15. The van der Waals surface area contributed by atoms with E-state index < -0.39 is 6.10 Å². The van der Waals surface area contributed by atoms with Crippen molar-refractivity contribution in [1.82, 2.24) is 24.8 Å². The molecule has 1 atom stereocenters. The molecule has 0 spiro atoms. The summed E-state index contributed by atoms with van der Waals surface area (Å²) in [4.78, 5) is 24.3. The Hall–Kier alpha value is -3.79. The lowest BCUT2D eigenvalue weighted by molar-refractivity contribution is 0.0831. The van der Waals surface area contributed by atoms with Gasteiger partial charge in [0, 0.05) is 55.2 Å². The molecule has 1 aliphatic heterocycles. The predicted molar refractivity (Wildman–Crippen MR) is 149 cm³/mol. The molecule has 9 heteroatoms. The molecule has 3 aromatic heterocycles. The molecule has 2 N–H and O–H groups in total. The lowest BCUT2D eigenvalue weighted by Gasteiger charge is -2.33. The third-order valence-electron chi connectivity index (χ3n) is 7.16. The van der Waals surface area contributed by atoms with E-state index in [0.29, 0.717) is 12.1 Å². The van der Waals surface area contributed by atoms with Crippen LogP contribution in [0.2, 0.25) is 0 Å². The molecule has 1 aliphatic rings. The van der Waals surface area contributed by atoms with Crippen molar-refractivity contribution in [2.45, 2.75) is 25.0 Å². The lowest BCUT2D eigenvalue weighted by atomic mass is 10.0. The average Bonchev–Trinajstić information content (AvgIpc) is 3.63. The number of carbonyl (C=O) groups is 1. The number of rotatable bonds is 7. The monoisotopic (exact) mass is 527 g/mol. The van der Waals surface area contributed by atoms with Crippen LogP contribution in [0.4, 0.5) is 0 Å². The van der Waals surface area contributed by atoms with Gasteiger partial charge < -0.3 is 24.6 Å². The van der Waals surface area contributed by atoms with E-state index in [0.717, 1.165) is 63.5 Å². The number of hydrogen-bond acceptors (Lipinski definition) is 7. The van der Waals surface area contributed by atoms with Gasteiger partial charge in [0.2, 0.25) is 0 Å². The van der Waals surface area contributed by atoms with Gasteiger partial charge in [-0.2, -0.15) is 0 Å². The van der Waals surface area contributed by atoms with Gasteiger partial charge >= 0.3 is 0 Å². The Kier molecular flexibility index (Phi) is 6.80. The predicted octanol–water partition coefficient (Wildman–Crippen LogP) is 4.57. The summed E-state index contributed by atoms with van der Waals surface area (Å²) >= 11 is 1.57. The number of β-amino-alcohol motifs (C(OH)–C–C–N with tert-alkyl or cyclic N) is 1. The minimum Gasteiger partial charge on any atom is -0.497 e. The fourth-order valence-corrected chi connectivity index (χ4v) is 6.03. The molecule has 2 aromatic carbocycles. The minimum atomic E-state index is -0.638. The first kappa shape index (κ1) is 24.5. The van der Waals surface area contributed by atoms with Gasteiger partial charge in [-0.05, 0) is 73.0 Å². The maximum absolute atomic E-state index is 13.0. The zero-order valence-corrected chi connectivity index (χ0v) is 21.9. The Labute approximate surface area is 224 Å². The molecule has 8 nitrogen and oxygen atoms in total. The van der Waals surface area contributed by atoms with Gasteiger partial charge in [0.15, 0.2) is 5.13 Å². The van der Waals surface area contributed by atoms with Gasteiger partial charge in [-0.25, -0.2) is 4.98 Å². The van der Waals surface area contributed by atoms with Crippen LogP contribution in [0, 0.1) is 0 Å². The highest BCUT2D eigenvalue weighted by atomic mass is 32.1. The molecule has 0 unspecified atom stereocenters. The van der Waals surface area contributed by atoms with E-state index in [1.807, 2.05) is 71.6 Å². The van der Waals surface area contributed by atoms with Gasteiger partial charge in [-0.1, -0.05) is 11.3 Å². The number of thiazole rings is 1. The Morgan fingerprint density at radius 1 is 1.13 bits per heavy atom. The van der Waals surface area contributed by atoms with Crippen molar-refractivity contribution in [3.63, 3.8) is 0 Å². The maximum atomic E-state index is 13.0. The van der Waals surface area contributed by atoms with E-state index in [1.165, 1.54) is 0 Å². The largest absolute Gasteiger partial charge is 0.497 e. The summed E-state index contributed by atoms with van der Waals surface area (Å²) in [5, 5.41) is 16.1. The molecule has 1 amide bonds. The number of amides is 1. The summed E-state index contributed by atoms with van der Waals surface area (Å²) in [6, 6.07) is 17.3. The highest BCUT2D eigenvalue weighted by Gasteiger charge is 2.24. The van der Waals surface area contributed by atoms with Crippen LogP contribution in [-0.4, -0.2) is 63.2 Å². The summed E-state index contributed by atoms with van der Waals surface area (Å²) in [5.74, 6) is 0.685. The average molecular weight is 528 g/mol. The molecule has 6 rings (SSSR count). The number of carbonyl (C=O) groups excluding carboxylic acids is 1. The minimum absolute atomic E-state index is 0.0569. The molecule has 1 saturated heterocycles. The number of likely N-dealkylation sites (tertiary alicyclic amines) is 1. The van der Waals surface area contributed by atoms with Gasteiger partial charge in [0.1, 0.15) is 5.75 Å². The van der Waals surface area contributed by atoms with Gasteiger partial charge in [0.05, 0.1) is 28.9 Å². The van der Waals surface area contributed by atoms with Crippen LogP contribution in [0.5, 0.6) is 5.75 Å². The number of aromatic nitrogens is 3. The third-order valence-corrected chi connectivity index (χ3v) is 8.19. The highest BCUT2D eigenvalue weighted by molar-refractivity contribution is 7.20. The number of pyridine rings is 1. The number of ether oxygens (including phenoxy) is 1. The normalized spacial score (nSPS) is 15.6. The zero-order chi connectivity index (χ0) is 26.1. The topological polar surface area (TPSA) is 92.5 Å². The molecule has 1 fully saturated rings. The van der Waals surface area contributed by atoms with Crippen LogP contribution < -0.4 is 10.1 Å². The SMILES string of the molecule is COc1ccc2nccc([C@@H](O)CN3CCC(NC(=O)c4ccc5nc(-n6cccc6)sc5c4)CC3)c2c1. The number of methoxy groups -OCH3 is 1. The molecule has 194 valence electrons. The van der Waals surface area contributed by atoms with Crippen molar-refractivity contribution in [3.05, 3.63) is 84.3 Å². The molecular formula is C29H29N5O3S. The number of nitrogens with zero attached hydrogens (tertiary/aromatic N) is 4. The van der Waals surface area contributed by atoms with Gasteiger partial charge in [0.25, 0.3) is 5.91 Å². The quantitative estimate of drug-likeness (QED) is 0.322. The first-order valence-corrected chi connectivity index (χ1v) is 13.6.